The van der Waals surface area contributed by atoms with Gasteiger partial charge < -0.3 is 4.74 Å². The molecule has 78 valence electrons. The van der Waals surface area contributed by atoms with Crippen LogP contribution in [0, 0.1) is 0 Å². The standard InChI is InChI=1S/C11H15ClO2/c1-8(10(12)11(13)14-2)9-6-4-3-5-7-9/h6H,3-5,7H2,1-2H3/b10-8+. The Hall–Kier alpha value is -0.760. The van der Waals surface area contributed by atoms with Crippen molar-refractivity contribution in [3.05, 3.63) is 22.3 Å². The Balaban J connectivity index is 2.85. The smallest absolute Gasteiger partial charge is 0.349 e. The molecule has 0 heterocycles. The molecule has 0 aromatic carbocycles. The lowest BCUT2D eigenvalue weighted by atomic mass is 9.94. The molecular weight excluding hydrogens is 200 g/mol. The minimum atomic E-state index is -0.448. The molecule has 1 aliphatic carbocycles. The summed E-state index contributed by atoms with van der Waals surface area (Å²) in [4.78, 5) is 11.2. The average molecular weight is 215 g/mol. The first-order valence-electron chi connectivity index (χ1n) is 4.81. The maximum atomic E-state index is 11.2. The van der Waals surface area contributed by atoms with Crippen LogP contribution in [0.2, 0.25) is 0 Å². The van der Waals surface area contributed by atoms with E-state index in [2.05, 4.69) is 10.8 Å². The van der Waals surface area contributed by atoms with Gasteiger partial charge in [0, 0.05) is 0 Å². The van der Waals surface area contributed by atoms with Crippen LogP contribution in [-0.2, 0) is 9.53 Å². The van der Waals surface area contributed by atoms with Crippen LogP contribution >= 0.6 is 11.6 Å². The lowest BCUT2D eigenvalue weighted by Gasteiger charge is -2.14. The van der Waals surface area contributed by atoms with E-state index in [1.54, 1.807) is 0 Å². The summed E-state index contributed by atoms with van der Waals surface area (Å²) in [6.45, 7) is 1.87. The number of methoxy groups -OCH3 is 1. The largest absolute Gasteiger partial charge is 0.465 e. The summed E-state index contributed by atoms with van der Waals surface area (Å²) in [5.74, 6) is -0.448. The normalized spacial score (nSPS) is 18.4. The van der Waals surface area contributed by atoms with Crippen LogP contribution in [0.4, 0.5) is 0 Å². The van der Waals surface area contributed by atoms with E-state index in [0.29, 0.717) is 0 Å². The van der Waals surface area contributed by atoms with Gasteiger partial charge in [-0.25, -0.2) is 4.79 Å². The van der Waals surface area contributed by atoms with Crippen molar-refractivity contribution in [1.29, 1.82) is 0 Å². The molecule has 0 atom stereocenters. The second-order valence-electron chi connectivity index (χ2n) is 3.41. The molecule has 0 spiro atoms. The van der Waals surface area contributed by atoms with E-state index < -0.39 is 5.97 Å². The maximum absolute atomic E-state index is 11.2. The van der Waals surface area contributed by atoms with E-state index in [4.69, 9.17) is 11.6 Å². The van der Waals surface area contributed by atoms with E-state index in [9.17, 15) is 4.79 Å². The molecule has 1 aliphatic rings. The first-order chi connectivity index (χ1) is 6.66. The molecule has 0 fully saturated rings. The Morgan fingerprint density at radius 1 is 1.50 bits per heavy atom. The van der Waals surface area contributed by atoms with Crippen molar-refractivity contribution in [3.8, 4) is 0 Å². The number of carbonyl (C=O) groups is 1. The lowest BCUT2D eigenvalue weighted by molar-refractivity contribution is -0.135. The van der Waals surface area contributed by atoms with Crippen LogP contribution in [0.1, 0.15) is 32.6 Å². The van der Waals surface area contributed by atoms with Gasteiger partial charge in [0.2, 0.25) is 0 Å². The van der Waals surface area contributed by atoms with Gasteiger partial charge in [0.25, 0.3) is 0 Å². The fourth-order valence-electron chi connectivity index (χ4n) is 1.56. The summed E-state index contributed by atoms with van der Waals surface area (Å²) in [5, 5.41) is 0.209. The van der Waals surface area contributed by atoms with Gasteiger partial charge in [0.15, 0.2) is 0 Å². The van der Waals surface area contributed by atoms with E-state index in [1.165, 1.54) is 25.5 Å². The number of carbonyl (C=O) groups excluding carboxylic acids is 1. The first-order valence-corrected chi connectivity index (χ1v) is 5.18. The molecule has 0 radical (unpaired) electrons. The minimum absolute atomic E-state index is 0.209. The number of hydrogen-bond acceptors (Lipinski definition) is 2. The maximum Gasteiger partial charge on any atom is 0.349 e. The van der Waals surface area contributed by atoms with Crippen molar-refractivity contribution in [3.63, 3.8) is 0 Å². The Kier molecular flexibility index (Phi) is 4.21. The number of rotatable bonds is 2. The molecular formula is C11H15ClO2. The number of allylic oxidation sites excluding steroid dienone is 3. The van der Waals surface area contributed by atoms with Gasteiger partial charge in [-0.15, -0.1) is 0 Å². The van der Waals surface area contributed by atoms with Gasteiger partial charge >= 0.3 is 5.97 Å². The summed E-state index contributed by atoms with van der Waals surface area (Å²) in [6, 6.07) is 0. The zero-order valence-electron chi connectivity index (χ0n) is 8.60. The molecule has 0 aliphatic heterocycles. The van der Waals surface area contributed by atoms with E-state index in [-0.39, 0.29) is 5.03 Å². The molecule has 0 bridgehead atoms. The van der Waals surface area contributed by atoms with E-state index in [0.717, 1.165) is 18.4 Å². The third-order valence-electron chi connectivity index (χ3n) is 2.47. The number of ether oxygens (including phenoxy) is 1. The predicted octanol–water partition coefficient (Wildman–Crippen LogP) is 3.17. The molecule has 0 aromatic rings. The average Bonchev–Trinajstić information content (AvgIpc) is 2.27. The summed E-state index contributed by atoms with van der Waals surface area (Å²) < 4.78 is 4.57. The van der Waals surface area contributed by atoms with E-state index >= 15 is 0 Å². The zero-order chi connectivity index (χ0) is 10.6. The van der Waals surface area contributed by atoms with Crippen molar-refractivity contribution in [1.82, 2.24) is 0 Å². The highest BCUT2D eigenvalue weighted by Crippen LogP contribution is 2.27. The van der Waals surface area contributed by atoms with Gasteiger partial charge in [-0.05, 0) is 43.8 Å². The Morgan fingerprint density at radius 3 is 2.71 bits per heavy atom. The third-order valence-corrected chi connectivity index (χ3v) is 2.90. The summed E-state index contributed by atoms with van der Waals surface area (Å²) in [6.07, 6.45) is 6.66. The monoisotopic (exact) mass is 214 g/mol. The van der Waals surface area contributed by atoms with Crippen molar-refractivity contribution in [2.24, 2.45) is 0 Å². The predicted molar refractivity (Wildman–Crippen MR) is 57.1 cm³/mol. The van der Waals surface area contributed by atoms with Gasteiger partial charge in [0.1, 0.15) is 5.03 Å². The van der Waals surface area contributed by atoms with Crippen LogP contribution in [0.5, 0.6) is 0 Å². The fourth-order valence-corrected chi connectivity index (χ4v) is 1.76. The molecule has 0 aromatic heterocycles. The number of halogens is 1. The number of hydrogen-bond donors (Lipinski definition) is 0. The third kappa shape index (κ3) is 2.61. The van der Waals surface area contributed by atoms with Gasteiger partial charge in [-0.1, -0.05) is 17.7 Å². The topological polar surface area (TPSA) is 26.3 Å². The molecule has 0 amide bonds. The fraction of sp³-hybridized carbons (Fsp3) is 0.545. The molecule has 3 heteroatoms. The molecule has 14 heavy (non-hydrogen) atoms. The molecule has 0 unspecified atom stereocenters. The summed E-state index contributed by atoms with van der Waals surface area (Å²) in [7, 11) is 1.34. The molecule has 0 saturated heterocycles. The molecule has 2 nitrogen and oxygen atoms in total. The SMILES string of the molecule is COC(=O)/C(Cl)=C(/C)C1=CCCCC1. The highest BCUT2D eigenvalue weighted by atomic mass is 35.5. The Bertz CT molecular complexity index is 290. The van der Waals surface area contributed by atoms with Crippen LogP contribution in [-0.4, -0.2) is 13.1 Å². The summed E-state index contributed by atoms with van der Waals surface area (Å²) >= 11 is 5.88. The van der Waals surface area contributed by atoms with Crippen LogP contribution in [0.3, 0.4) is 0 Å². The van der Waals surface area contributed by atoms with E-state index in [1.807, 2.05) is 6.92 Å². The molecule has 1 rings (SSSR count). The highest BCUT2D eigenvalue weighted by molar-refractivity contribution is 6.41. The number of esters is 1. The van der Waals surface area contributed by atoms with Crippen LogP contribution < -0.4 is 0 Å². The van der Waals surface area contributed by atoms with Crippen molar-refractivity contribution < 1.29 is 9.53 Å². The van der Waals surface area contributed by atoms with Crippen LogP contribution in [0.25, 0.3) is 0 Å². The van der Waals surface area contributed by atoms with Crippen molar-refractivity contribution in [2.75, 3.05) is 7.11 Å². The first kappa shape index (κ1) is 11.3. The van der Waals surface area contributed by atoms with Crippen molar-refractivity contribution >= 4 is 17.6 Å². The molecule has 0 saturated carbocycles. The van der Waals surface area contributed by atoms with Crippen LogP contribution in [0.15, 0.2) is 22.3 Å². The minimum Gasteiger partial charge on any atom is -0.465 e. The van der Waals surface area contributed by atoms with Gasteiger partial charge in [-0.3, -0.25) is 0 Å². The van der Waals surface area contributed by atoms with Gasteiger partial charge in [-0.2, -0.15) is 0 Å². The zero-order valence-corrected chi connectivity index (χ0v) is 9.36. The highest BCUT2D eigenvalue weighted by Gasteiger charge is 2.14. The summed E-state index contributed by atoms with van der Waals surface area (Å²) in [5.41, 5.74) is 2.05. The second kappa shape index (κ2) is 5.20. The lowest BCUT2D eigenvalue weighted by Crippen LogP contribution is -2.04. The Labute approximate surface area is 89.6 Å². The Morgan fingerprint density at radius 2 is 2.21 bits per heavy atom. The quantitative estimate of drug-likeness (QED) is 0.521. The molecule has 0 N–H and O–H groups in total. The second-order valence-corrected chi connectivity index (χ2v) is 3.78. The van der Waals surface area contributed by atoms with Gasteiger partial charge in [0.05, 0.1) is 7.11 Å². The van der Waals surface area contributed by atoms with Crippen molar-refractivity contribution in [2.45, 2.75) is 32.6 Å².